The van der Waals surface area contributed by atoms with E-state index < -0.39 is 28.7 Å². The third-order valence-corrected chi connectivity index (χ3v) is 10.6. The lowest BCUT2D eigenvalue weighted by Gasteiger charge is -2.36. The second-order valence-corrected chi connectivity index (χ2v) is 12.3. The molecule has 3 heterocycles. The number of carbonyl (C=O) groups is 3. The molecule has 3 unspecified atom stereocenters. The fourth-order valence-electron chi connectivity index (χ4n) is 5.58. The zero-order valence-electron chi connectivity index (χ0n) is 18.8. The summed E-state index contributed by atoms with van der Waals surface area (Å²) in [4.78, 5) is 42.2. The van der Waals surface area contributed by atoms with Crippen molar-refractivity contribution in [1.29, 1.82) is 0 Å². The van der Waals surface area contributed by atoms with Gasteiger partial charge in [-0.15, -0.1) is 11.8 Å². The van der Waals surface area contributed by atoms with Crippen LogP contribution in [0.5, 0.6) is 0 Å². The number of anilines is 1. The van der Waals surface area contributed by atoms with Gasteiger partial charge in [-0.05, 0) is 38.3 Å². The highest BCUT2D eigenvalue weighted by molar-refractivity contribution is 9.09. The number of hydrogen-bond donors (Lipinski definition) is 3. The van der Waals surface area contributed by atoms with E-state index >= 15 is 0 Å². The molecule has 10 heteroatoms. The molecule has 2 bridgehead atoms. The molecule has 3 saturated heterocycles. The van der Waals surface area contributed by atoms with E-state index in [1.54, 1.807) is 24.8 Å². The van der Waals surface area contributed by atoms with Crippen LogP contribution in [-0.4, -0.2) is 67.8 Å². The number of fused-ring (bicyclic) bond motifs is 1. The van der Waals surface area contributed by atoms with Crippen LogP contribution in [0.25, 0.3) is 0 Å². The second kappa shape index (κ2) is 9.40. The molecule has 0 radical (unpaired) electrons. The molecule has 7 atom stereocenters. The molecule has 33 heavy (non-hydrogen) atoms. The number of benzene rings is 1. The molecule has 3 aliphatic heterocycles. The lowest BCUT2D eigenvalue weighted by atomic mass is 9.70. The van der Waals surface area contributed by atoms with Crippen molar-refractivity contribution in [3.63, 3.8) is 0 Å². The van der Waals surface area contributed by atoms with Gasteiger partial charge in [-0.2, -0.15) is 0 Å². The van der Waals surface area contributed by atoms with E-state index in [4.69, 9.17) is 11.6 Å². The van der Waals surface area contributed by atoms with Crippen LogP contribution < -0.4 is 10.6 Å². The minimum atomic E-state index is -0.827. The summed E-state index contributed by atoms with van der Waals surface area (Å²) in [6, 6.07) is 3.98. The van der Waals surface area contributed by atoms with Gasteiger partial charge < -0.3 is 20.6 Å². The quantitative estimate of drug-likeness (QED) is 0.447. The Labute approximate surface area is 211 Å². The first-order valence-corrected chi connectivity index (χ1v) is 13.4. The molecule has 1 aromatic rings. The number of carbonyl (C=O) groups excluding carboxylic acids is 3. The van der Waals surface area contributed by atoms with Gasteiger partial charge in [0, 0.05) is 16.6 Å². The van der Waals surface area contributed by atoms with Crippen LogP contribution in [0.1, 0.15) is 32.3 Å². The molecule has 3 aliphatic rings. The summed E-state index contributed by atoms with van der Waals surface area (Å²) in [5.41, 5.74) is 1.33. The Hall–Kier alpha value is -1.29. The number of nitrogens with zero attached hydrogens (tertiary/aromatic N) is 1. The van der Waals surface area contributed by atoms with E-state index in [9.17, 15) is 19.5 Å². The predicted molar refractivity (Wildman–Crippen MR) is 134 cm³/mol. The Kier molecular flexibility index (Phi) is 7.07. The Bertz CT molecular complexity index is 961. The summed E-state index contributed by atoms with van der Waals surface area (Å²) in [6.45, 7) is 5.83. The van der Waals surface area contributed by atoms with Gasteiger partial charge in [-0.3, -0.25) is 14.4 Å². The number of aliphatic hydroxyl groups excluding tert-OH is 1. The maximum Gasteiger partial charge on any atom is 0.248 e. The number of para-hydroxylation sites is 1. The van der Waals surface area contributed by atoms with Gasteiger partial charge in [0.1, 0.15) is 6.04 Å². The van der Waals surface area contributed by atoms with Crippen LogP contribution in [0.3, 0.4) is 0 Å². The van der Waals surface area contributed by atoms with Gasteiger partial charge in [0.15, 0.2) is 0 Å². The first kappa shape index (κ1) is 24.8. The van der Waals surface area contributed by atoms with Gasteiger partial charge in [0.25, 0.3) is 0 Å². The number of thioether (sulfide) groups is 1. The molecule has 1 spiro atoms. The van der Waals surface area contributed by atoms with Crippen LogP contribution in [0, 0.1) is 18.8 Å². The molecule has 0 aromatic heterocycles. The largest absolute Gasteiger partial charge is 0.394 e. The highest BCUT2D eigenvalue weighted by atomic mass is 79.9. The molecule has 180 valence electrons. The molecule has 0 saturated carbocycles. The van der Waals surface area contributed by atoms with Crippen LogP contribution >= 0.6 is 39.3 Å². The second-order valence-electron chi connectivity index (χ2n) is 9.15. The molecular formula is C23H29BrClN3O4S. The number of nitrogens with one attached hydrogen (secondary N) is 2. The van der Waals surface area contributed by atoms with Gasteiger partial charge in [-0.1, -0.05) is 46.6 Å². The minimum Gasteiger partial charge on any atom is -0.394 e. The molecule has 0 aliphatic carbocycles. The fourth-order valence-corrected chi connectivity index (χ4v) is 9.45. The topological polar surface area (TPSA) is 98.7 Å². The van der Waals surface area contributed by atoms with Gasteiger partial charge in [0.2, 0.25) is 17.7 Å². The summed E-state index contributed by atoms with van der Waals surface area (Å²) < 4.78 is -0.757. The number of aryl methyl sites for hydroxylation is 1. The van der Waals surface area contributed by atoms with E-state index in [0.29, 0.717) is 23.7 Å². The molecule has 3 N–H and O–H groups in total. The maximum absolute atomic E-state index is 13.8. The van der Waals surface area contributed by atoms with E-state index in [-0.39, 0.29) is 34.4 Å². The monoisotopic (exact) mass is 557 g/mol. The Morgan fingerprint density at radius 3 is 2.76 bits per heavy atom. The fraction of sp³-hybridized carbons (Fsp3) is 0.609. The van der Waals surface area contributed by atoms with E-state index in [1.807, 2.05) is 26.0 Å². The first-order chi connectivity index (χ1) is 15.7. The smallest absolute Gasteiger partial charge is 0.248 e. The molecule has 7 nitrogen and oxygen atoms in total. The third kappa shape index (κ3) is 3.89. The lowest BCUT2D eigenvalue weighted by Crippen LogP contribution is -2.55. The number of alkyl halides is 1. The summed E-state index contributed by atoms with van der Waals surface area (Å²) in [7, 11) is 0. The Balaban J connectivity index is 1.75. The Morgan fingerprint density at radius 2 is 2.12 bits per heavy atom. The summed E-state index contributed by atoms with van der Waals surface area (Å²) in [5.74, 6) is -1.86. The SMILES string of the molecule is CCCNC(=O)[C@H]1[C@@H]2SC3(CC2Br)C(C(=O)Nc2c(C)cccc2Cl)N([C@H](C)CO)C(=O)[C@H]13. The summed E-state index contributed by atoms with van der Waals surface area (Å²) in [5, 5.41) is 16.2. The van der Waals surface area contributed by atoms with Gasteiger partial charge >= 0.3 is 0 Å². The number of amides is 3. The van der Waals surface area contributed by atoms with E-state index in [1.165, 1.54) is 4.90 Å². The van der Waals surface area contributed by atoms with Crippen LogP contribution in [0.2, 0.25) is 5.02 Å². The average molecular weight is 559 g/mol. The van der Waals surface area contributed by atoms with Crippen molar-refractivity contribution in [3.05, 3.63) is 28.8 Å². The van der Waals surface area contributed by atoms with Crippen molar-refractivity contribution < 1.29 is 19.5 Å². The first-order valence-electron chi connectivity index (χ1n) is 11.3. The molecular weight excluding hydrogens is 530 g/mol. The van der Waals surface area contributed by atoms with Crippen molar-refractivity contribution >= 4 is 62.7 Å². The summed E-state index contributed by atoms with van der Waals surface area (Å²) >= 11 is 11.7. The van der Waals surface area contributed by atoms with Crippen LogP contribution in [-0.2, 0) is 14.4 Å². The van der Waals surface area contributed by atoms with Crippen molar-refractivity contribution in [2.24, 2.45) is 11.8 Å². The third-order valence-electron chi connectivity index (χ3n) is 7.04. The van der Waals surface area contributed by atoms with E-state index in [2.05, 4.69) is 26.6 Å². The molecule has 3 amide bonds. The zero-order chi connectivity index (χ0) is 24.1. The van der Waals surface area contributed by atoms with Crippen molar-refractivity contribution in [2.45, 2.75) is 60.5 Å². The highest BCUT2D eigenvalue weighted by Gasteiger charge is 2.76. The van der Waals surface area contributed by atoms with Gasteiger partial charge in [0.05, 0.1) is 39.9 Å². The van der Waals surface area contributed by atoms with Crippen molar-refractivity contribution in [3.8, 4) is 0 Å². The van der Waals surface area contributed by atoms with E-state index in [0.717, 1.165) is 12.0 Å². The molecule has 1 aromatic carbocycles. The highest BCUT2D eigenvalue weighted by Crippen LogP contribution is 2.68. The number of hydrogen-bond acceptors (Lipinski definition) is 5. The van der Waals surface area contributed by atoms with Gasteiger partial charge in [-0.25, -0.2) is 0 Å². The predicted octanol–water partition coefficient (Wildman–Crippen LogP) is 2.96. The number of halogens is 2. The van der Waals surface area contributed by atoms with Crippen molar-refractivity contribution in [1.82, 2.24) is 10.2 Å². The van der Waals surface area contributed by atoms with Crippen molar-refractivity contribution in [2.75, 3.05) is 18.5 Å². The number of likely N-dealkylation sites (tertiary alicyclic amines) is 1. The maximum atomic E-state index is 13.8. The minimum absolute atomic E-state index is 0.00524. The van der Waals surface area contributed by atoms with Crippen LogP contribution in [0.15, 0.2) is 18.2 Å². The summed E-state index contributed by atoms with van der Waals surface area (Å²) in [6.07, 6.45) is 1.39. The number of aliphatic hydroxyl groups is 1. The normalized spacial score (nSPS) is 33.2. The number of rotatable bonds is 7. The lowest BCUT2D eigenvalue weighted by molar-refractivity contribution is -0.141. The van der Waals surface area contributed by atoms with Crippen LogP contribution in [0.4, 0.5) is 5.69 Å². The average Bonchev–Trinajstić information content (AvgIpc) is 3.37. The molecule has 4 rings (SSSR count). The standard InChI is InChI=1S/C23H29BrClN3O4S/c1-4-8-26-20(30)15-16-22(32)28(12(3)10-29)19(23(16)9-13(24)18(15)33-23)21(31)27-17-11(2)6-5-7-14(17)25/h5-7,12-13,15-16,18-19,29H,4,8-10H2,1-3H3,(H,26,30)(H,27,31)/t12-,13?,15-,16+,18-,19?,23?/m1/s1. The zero-order valence-corrected chi connectivity index (χ0v) is 22.0. The molecule has 3 fully saturated rings. The Morgan fingerprint density at radius 1 is 1.39 bits per heavy atom.